The standard InChI is InChI=1S/C13H13F3N2S.C11H14N2O/c1-8(2)11-7-17-12(19-11)18-10-5-3-9(4-6-10)13(14,15)16;1-5-13(4)11-7-12-10(9(3)14)6-8(11)2/h3-8H,1-2H3,(H,17,18);5-7H,1H2,2-4H3. The van der Waals surface area contributed by atoms with E-state index in [1.54, 1.807) is 24.7 Å². The monoisotopic (exact) mass is 476 g/mol. The first kappa shape index (κ1) is 26.1. The third-order valence-electron chi connectivity index (χ3n) is 4.65. The number of hydrogen-bond donors (Lipinski definition) is 1. The van der Waals surface area contributed by atoms with Gasteiger partial charge in [0.25, 0.3) is 0 Å². The molecule has 0 bridgehead atoms. The summed E-state index contributed by atoms with van der Waals surface area (Å²) in [6, 6.07) is 6.70. The fourth-order valence-electron chi connectivity index (χ4n) is 2.69. The summed E-state index contributed by atoms with van der Waals surface area (Å²) in [7, 11) is 1.89. The van der Waals surface area contributed by atoms with Gasteiger partial charge in [-0.2, -0.15) is 13.2 Å². The third-order valence-corrected chi connectivity index (χ3v) is 5.87. The minimum atomic E-state index is -4.30. The Morgan fingerprint density at radius 1 is 1.18 bits per heavy atom. The molecule has 5 nitrogen and oxygen atoms in total. The summed E-state index contributed by atoms with van der Waals surface area (Å²) in [5.74, 6) is 0.376. The molecule has 2 heterocycles. The summed E-state index contributed by atoms with van der Waals surface area (Å²) in [5, 5.41) is 3.68. The molecule has 1 aromatic carbocycles. The van der Waals surface area contributed by atoms with E-state index in [9.17, 15) is 18.0 Å². The van der Waals surface area contributed by atoms with Gasteiger partial charge >= 0.3 is 6.18 Å². The first-order chi connectivity index (χ1) is 15.4. The van der Waals surface area contributed by atoms with Crippen LogP contribution in [0.5, 0.6) is 0 Å². The number of rotatable bonds is 6. The van der Waals surface area contributed by atoms with Gasteiger partial charge in [-0.1, -0.05) is 20.4 Å². The topological polar surface area (TPSA) is 58.1 Å². The average molecular weight is 477 g/mol. The Kier molecular flexibility index (Phi) is 8.76. The molecule has 0 spiro atoms. The van der Waals surface area contributed by atoms with Gasteiger partial charge in [-0.15, -0.1) is 11.3 Å². The number of anilines is 3. The van der Waals surface area contributed by atoms with Crippen molar-refractivity contribution in [2.75, 3.05) is 17.3 Å². The normalized spacial score (nSPS) is 10.9. The number of thiazole rings is 1. The Hall–Kier alpha value is -3.20. The van der Waals surface area contributed by atoms with Crippen molar-refractivity contribution in [3.05, 3.63) is 77.2 Å². The molecule has 0 radical (unpaired) electrons. The van der Waals surface area contributed by atoms with Crippen LogP contribution in [-0.4, -0.2) is 22.8 Å². The lowest BCUT2D eigenvalue weighted by Gasteiger charge is -2.15. The quantitative estimate of drug-likeness (QED) is 0.381. The molecule has 0 amide bonds. The van der Waals surface area contributed by atoms with Crippen molar-refractivity contribution in [2.24, 2.45) is 0 Å². The predicted molar refractivity (Wildman–Crippen MR) is 129 cm³/mol. The van der Waals surface area contributed by atoms with Crippen LogP contribution < -0.4 is 10.2 Å². The van der Waals surface area contributed by atoms with Crippen molar-refractivity contribution in [2.45, 2.75) is 39.8 Å². The lowest BCUT2D eigenvalue weighted by molar-refractivity contribution is -0.137. The molecule has 0 unspecified atom stereocenters. The maximum absolute atomic E-state index is 12.4. The number of halogens is 3. The van der Waals surface area contributed by atoms with Gasteiger partial charge in [0.1, 0.15) is 5.69 Å². The summed E-state index contributed by atoms with van der Waals surface area (Å²) in [4.78, 5) is 22.3. The number of carbonyl (C=O) groups excluding carboxylic acids is 1. The molecular formula is C24H27F3N4OS. The van der Waals surface area contributed by atoms with Crippen LogP contribution in [0.25, 0.3) is 0 Å². The smallest absolute Gasteiger partial charge is 0.350 e. The number of aromatic nitrogens is 2. The second-order valence-corrected chi connectivity index (χ2v) is 8.69. The summed E-state index contributed by atoms with van der Waals surface area (Å²) in [5.41, 5.74) is 2.43. The van der Waals surface area contributed by atoms with E-state index in [0.29, 0.717) is 22.4 Å². The zero-order valence-corrected chi connectivity index (χ0v) is 20.0. The number of ketones is 1. The van der Waals surface area contributed by atoms with Crippen LogP contribution in [0.1, 0.15) is 53.2 Å². The molecule has 2 aromatic heterocycles. The number of nitrogens with zero attached hydrogens (tertiary/aromatic N) is 3. The highest BCUT2D eigenvalue weighted by atomic mass is 32.1. The summed E-state index contributed by atoms with van der Waals surface area (Å²) in [6.45, 7) is 11.3. The maximum atomic E-state index is 12.4. The first-order valence-electron chi connectivity index (χ1n) is 10.1. The number of hydrogen-bond acceptors (Lipinski definition) is 6. The SMILES string of the molecule is C=CN(C)c1cnc(C(C)=O)cc1C.CC(C)c1cnc(Nc2ccc(C(F)(F)F)cc2)s1. The lowest BCUT2D eigenvalue weighted by Crippen LogP contribution is -2.10. The van der Waals surface area contributed by atoms with Gasteiger partial charge in [0.05, 0.1) is 17.4 Å². The molecule has 176 valence electrons. The van der Waals surface area contributed by atoms with Gasteiger partial charge < -0.3 is 10.2 Å². The van der Waals surface area contributed by atoms with E-state index in [2.05, 4.69) is 35.7 Å². The van der Waals surface area contributed by atoms with Crippen molar-refractivity contribution in [3.63, 3.8) is 0 Å². The predicted octanol–water partition coefficient (Wildman–Crippen LogP) is 7.20. The molecule has 0 aliphatic rings. The Morgan fingerprint density at radius 3 is 2.27 bits per heavy atom. The van der Waals surface area contributed by atoms with Crippen molar-refractivity contribution in [3.8, 4) is 0 Å². The van der Waals surface area contributed by atoms with Crippen molar-refractivity contribution in [1.29, 1.82) is 0 Å². The Labute approximate surface area is 196 Å². The second-order valence-electron chi connectivity index (χ2n) is 7.63. The molecule has 3 aromatic rings. The molecule has 0 fully saturated rings. The number of carbonyl (C=O) groups is 1. The van der Waals surface area contributed by atoms with E-state index in [-0.39, 0.29) is 5.78 Å². The third kappa shape index (κ3) is 7.42. The van der Waals surface area contributed by atoms with Gasteiger partial charge in [0.2, 0.25) is 0 Å². The number of Topliss-reactive ketones (excluding diaryl/α,β-unsaturated/α-hetero) is 1. The maximum Gasteiger partial charge on any atom is 0.416 e. The van der Waals surface area contributed by atoms with Crippen LogP contribution >= 0.6 is 11.3 Å². The highest BCUT2D eigenvalue weighted by Gasteiger charge is 2.29. The van der Waals surface area contributed by atoms with E-state index in [1.807, 2.05) is 18.9 Å². The highest BCUT2D eigenvalue weighted by Crippen LogP contribution is 2.31. The van der Waals surface area contributed by atoms with Crippen molar-refractivity contribution < 1.29 is 18.0 Å². The van der Waals surface area contributed by atoms with Crippen molar-refractivity contribution in [1.82, 2.24) is 9.97 Å². The second kappa shape index (κ2) is 11.1. The molecule has 3 rings (SSSR count). The Bertz CT molecular complexity index is 1090. The first-order valence-corrected chi connectivity index (χ1v) is 11.0. The van der Waals surface area contributed by atoms with Crippen molar-refractivity contribution >= 4 is 33.6 Å². The van der Waals surface area contributed by atoms with E-state index in [0.717, 1.165) is 28.3 Å². The largest absolute Gasteiger partial charge is 0.416 e. The molecule has 1 N–H and O–H groups in total. The highest BCUT2D eigenvalue weighted by molar-refractivity contribution is 7.15. The molecule has 0 saturated carbocycles. The lowest BCUT2D eigenvalue weighted by atomic mass is 10.2. The molecule has 0 aliphatic carbocycles. The van der Waals surface area contributed by atoms with Gasteiger partial charge in [0, 0.05) is 30.7 Å². The van der Waals surface area contributed by atoms with Crippen LogP contribution in [0, 0.1) is 6.92 Å². The van der Waals surface area contributed by atoms with Crippen LogP contribution in [0.2, 0.25) is 0 Å². The van der Waals surface area contributed by atoms with Crippen LogP contribution in [0.3, 0.4) is 0 Å². The van der Waals surface area contributed by atoms with E-state index in [1.165, 1.54) is 30.4 Å². The van der Waals surface area contributed by atoms with Crippen LogP contribution in [-0.2, 0) is 6.18 Å². The summed E-state index contributed by atoms with van der Waals surface area (Å²) in [6.07, 6.45) is 0.872. The van der Waals surface area contributed by atoms with E-state index < -0.39 is 11.7 Å². The Balaban J connectivity index is 0.000000245. The number of pyridine rings is 1. The number of alkyl halides is 3. The van der Waals surface area contributed by atoms with E-state index >= 15 is 0 Å². The van der Waals surface area contributed by atoms with Gasteiger partial charge in [-0.05, 0) is 54.9 Å². The molecule has 9 heteroatoms. The van der Waals surface area contributed by atoms with Crippen LogP contribution in [0.4, 0.5) is 29.7 Å². The zero-order valence-electron chi connectivity index (χ0n) is 19.2. The zero-order chi connectivity index (χ0) is 24.8. The Morgan fingerprint density at radius 2 is 1.82 bits per heavy atom. The minimum absolute atomic E-state index is 0.0130. The number of nitrogens with one attached hydrogen (secondary N) is 1. The average Bonchev–Trinajstić information content (AvgIpc) is 3.22. The molecule has 0 aliphatic heterocycles. The van der Waals surface area contributed by atoms with E-state index in [4.69, 9.17) is 0 Å². The van der Waals surface area contributed by atoms with Gasteiger partial charge in [-0.3, -0.25) is 9.78 Å². The van der Waals surface area contributed by atoms with Crippen LogP contribution in [0.15, 0.2) is 55.5 Å². The summed E-state index contributed by atoms with van der Waals surface area (Å²) >= 11 is 1.50. The fourth-order valence-corrected chi connectivity index (χ4v) is 3.52. The summed E-state index contributed by atoms with van der Waals surface area (Å²) < 4.78 is 37.2. The van der Waals surface area contributed by atoms with Gasteiger partial charge in [-0.25, -0.2) is 4.98 Å². The molecule has 33 heavy (non-hydrogen) atoms. The molecule has 0 saturated heterocycles. The fraction of sp³-hybridized carbons (Fsp3) is 0.292. The molecule has 0 atom stereocenters. The number of aryl methyl sites for hydroxylation is 1. The molecular weight excluding hydrogens is 449 g/mol. The van der Waals surface area contributed by atoms with Gasteiger partial charge in [0.15, 0.2) is 10.9 Å². The number of benzene rings is 1. The minimum Gasteiger partial charge on any atom is -0.350 e.